The molecule has 2 atom stereocenters. The summed E-state index contributed by atoms with van der Waals surface area (Å²) < 4.78 is 36.8. The van der Waals surface area contributed by atoms with Gasteiger partial charge in [-0.2, -0.15) is 13.2 Å². The average Bonchev–Trinajstić information content (AvgIpc) is 2.26. The fourth-order valence-corrected chi connectivity index (χ4v) is 1.49. The second-order valence-electron chi connectivity index (χ2n) is 3.24. The molecule has 0 aromatic heterocycles. The molecule has 1 rings (SSSR count). The maximum absolute atomic E-state index is 12.3. The first-order valence-electron chi connectivity index (χ1n) is 4.48. The highest BCUT2D eigenvalue weighted by atomic mass is 79.9. The van der Waals surface area contributed by atoms with Gasteiger partial charge < -0.3 is 5.11 Å². The summed E-state index contributed by atoms with van der Waals surface area (Å²) in [6.45, 7) is 3.48. The van der Waals surface area contributed by atoms with E-state index in [0.717, 1.165) is 12.1 Å². The van der Waals surface area contributed by atoms with E-state index in [1.165, 1.54) is 18.2 Å². The number of rotatable bonds is 3. The second-order valence-corrected chi connectivity index (χ2v) is 4.30. The molecular formula is C11H10BrF3O. The summed E-state index contributed by atoms with van der Waals surface area (Å²) in [5.41, 5.74) is -0.317. The molecule has 0 bridgehead atoms. The third kappa shape index (κ3) is 3.09. The van der Waals surface area contributed by atoms with Crippen molar-refractivity contribution < 1.29 is 18.3 Å². The first-order chi connectivity index (χ1) is 7.36. The zero-order chi connectivity index (χ0) is 12.3. The van der Waals surface area contributed by atoms with Gasteiger partial charge in [-0.05, 0) is 17.7 Å². The van der Waals surface area contributed by atoms with Crippen LogP contribution in [0, 0.1) is 0 Å². The Morgan fingerprint density at radius 1 is 1.25 bits per heavy atom. The minimum Gasteiger partial charge on any atom is -0.387 e. The van der Waals surface area contributed by atoms with Crippen molar-refractivity contribution in [2.45, 2.75) is 17.1 Å². The molecule has 5 heteroatoms. The number of hydrogen-bond acceptors (Lipinski definition) is 1. The van der Waals surface area contributed by atoms with Crippen molar-refractivity contribution >= 4 is 15.9 Å². The number of benzene rings is 1. The van der Waals surface area contributed by atoms with E-state index in [4.69, 9.17) is 0 Å². The minimum absolute atomic E-state index is 0.385. The van der Waals surface area contributed by atoms with Crippen LogP contribution in [0.2, 0.25) is 0 Å². The molecule has 0 saturated carbocycles. The standard InChI is InChI=1S/C11H10BrF3O/c1-2-9(12)10(16)7-3-5-8(6-4-7)11(13,14)15/h2-6,9-10,16H,1H2. The van der Waals surface area contributed by atoms with E-state index in [0.29, 0.717) is 5.56 Å². The summed E-state index contributed by atoms with van der Waals surface area (Å²) >= 11 is 3.15. The SMILES string of the molecule is C=CC(Br)C(O)c1ccc(C(F)(F)F)cc1. The van der Waals surface area contributed by atoms with Crippen LogP contribution in [0.5, 0.6) is 0 Å². The van der Waals surface area contributed by atoms with Crippen LogP contribution in [0.15, 0.2) is 36.9 Å². The lowest BCUT2D eigenvalue weighted by atomic mass is 10.0. The van der Waals surface area contributed by atoms with Crippen LogP contribution in [-0.2, 0) is 6.18 Å². The Morgan fingerprint density at radius 3 is 2.12 bits per heavy atom. The van der Waals surface area contributed by atoms with E-state index in [1.807, 2.05) is 0 Å². The number of halogens is 4. The molecule has 0 aliphatic heterocycles. The van der Waals surface area contributed by atoms with E-state index in [-0.39, 0.29) is 4.83 Å². The van der Waals surface area contributed by atoms with E-state index < -0.39 is 17.8 Å². The van der Waals surface area contributed by atoms with Gasteiger partial charge in [0.15, 0.2) is 0 Å². The normalized spacial score (nSPS) is 15.6. The summed E-state index contributed by atoms with van der Waals surface area (Å²) in [5.74, 6) is 0. The van der Waals surface area contributed by atoms with Crippen molar-refractivity contribution in [1.82, 2.24) is 0 Å². The third-order valence-electron chi connectivity index (χ3n) is 2.11. The van der Waals surface area contributed by atoms with Gasteiger partial charge in [-0.3, -0.25) is 0 Å². The Balaban J connectivity index is 2.91. The van der Waals surface area contributed by atoms with Crippen LogP contribution in [0.1, 0.15) is 17.2 Å². The third-order valence-corrected chi connectivity index (χ3v) is 2.98. The average molecular weight is 295 g/mol. The van der Waals surface area contributed by atoms with Crippen LogP contribution in [0.25, 0.3) is 0 Å². The molecule has 0 spiro atoms. The van der Waals surface area contributed by atoms with Crippen LogP contribution >= 0.6 is 15.9 Å². The predicted octanol–water partition coefficient (Wildman–Crippen LogP) is 3.69. The molecular weight excluding hydrogens is 285 g/mol. The molecule has 0 amide bonds. The summed E-state index contributed by atoms with van der Waals surface area (Å²) in [6.07, 6.45) is -3.78. The fourth-order valence-electron chi connectivity index (χ4n) is 1.18. The van der Waals surface area contributed by atoms with Gasteiger partial charge in [-0.25, -0.2) is 0 Å². The molecule has 0 saturated heterocycles. The van der Waals surface area contributed by atoms with E-state index in [2.05, 4.69) is 22.5 Å². The van der Waals surface area contributed by atoms with E-state index >= 15 is 0 Å². The molecule has 0 heterocycles. The molecule has 0 radical (unpaired) electrons. The van der Waals surface area contributed by atoms with Gasteiger partial charge in [0.05, 0.1) is 16.5 Å². The lowest BCUT2D eigenvalue weighted by molar-refractivity contribution is -0.137. The summed E-state index contributed by atoms with van der Waals surface area (Å²) in [7, 11) is 0. The van der Waals surface area contributed by atoms with Gasteiger partial charge in [0, 0.05) is 0 Å². The van der Waals surface area contributed by atoms with E-state index in [9.17, 15) is 18.3 Å². The molecule has 1 aromatic carbocycles. The smallest absolute Gasteiger partial charge is 0.387 e. The molecule has 1 aromatic rings. The zero-order valence-corrected chi connectivity index (χ0v) is 9.79. The first kappa shape index (κ1) is 13.3. The quantitative estimate of drug-likeness (QED) is 0.666. The highest BCUT2D eigenvalue weighted by molar-refractivity contribution is 9.09. The van der Waals surface area contributed by atoms with Crippen LogP contribution in [0.3, 0.4) is 0 Å². The highest BCUT2D eigenvalue weighted by Crippen LogP contribution is 2.31. The molecule has 1 nitrogen and oxygen atoms in total. The Bertz CT molecular complexity index is 358. The van der Waals surface area contributed by atoms with Gasteiger partial charge in [-0.1, -0.05) is 34.1 Å². The molecule has 1 N–H and O–H groups in total. The van der Waals surface area contributed by atoms with Gasteiger partial charge in [0.1, 0.15) is 0 Å². The highest BCUT2D eigenvalue weighted by Gasteiger charge is 2.30. The number of aliphatic hydroxyl groups is 1. The lowest BCUT2D eigenvalue weighted by Crippen LogP contribution is -2.10. The molecule has 0 fully saturated rings. The predicted molar refractivity (Wildman–Crippen MR) is 59.3 cm³/mol. The molecule has 88 valence electrons. The van der Waals surface area contributed by atoms with Gasteiger partial charge in [0.2, 0.25) is 0 Å². The lowest BCUT2D eigenvalue weighted by Gasteiger charge is -2.15. The van der Waals surface area contributed by atoms with Gasteiger partial charge >= 0.3 is 6.18 Å². The maximum atomic E-state index is 12.3. The van der Waals surface area contributed by atoms with Crippen molar-refractivity contribution in [2.75, 3.05) is 0 Å². The fraction of sp³-hybridized carbons (Fsp3) is 0.273. The van der Waals surface area contributed by atoms with Gasteiger partial charge in [-0.15, -0.1) is 6.58 Å². The zero-order valence-electron chi connectivity index (χ0n) is 8.21. The number of aliphatic hydroxyl groups excluding tert-OH is 1. The monoisotopic (exact) mass is 294 g/mol. The minimum atomic E-state index is -4.35. The summed E-state index contributed by atoms with van der Waals surface area (Å²) in [6, 6.07) is 4.40. The Hall–Kier alpha value is -0.810. The van der Waals surface area contributed by atoms with Crippen molar-refractivity contribution in [1.29, 1.82) is 0 Å². The van der Waals surface area contributed by atoms with Crippen LogP contribution in [-0.4, -0.2) is 9.93 Å². The van der Waals surface area contributed by atoms with Crippen molar-refractivity contribution in [3.63, 3.8) is 0 Å². The molecule has 0 aliphatic carbocycles. The molecule has 16 heavy (non-hydrogen) atoms. The maximum Gasteiger partial charge on any atom is 0.416 e. The summed E-state index contributed by atoms with van der Waals surface area (Å²) in [4.78, 5) is -0.385. The van der Waals surface area contributed by atoms with Gasteiger partial charge in [0.25, 0.3) is 0 Å². The topological polar surface area (TPSA) is 20.2 Å². The number of hydrogen-bond donors (Lipinski definition) is 1. The number of alkyl halides is 4. The Kier molecular flexibility index (Phi) is 4.15. The Labute approximate surface area is 99.7 Å². The van der Waals surface area contributed by atoms with Crippen LogP contribution < -0.4 is 0 Å². The van der Waals surface area contributed by atoms with Crippen LogP contribution in [0.4, 0.5) is 13.2 Å². The second kappa shape index (κ2) is 5.01. The molecule has 2 unspecified atom stereocenters. The first-order valence-corrected chi connectivity index (χ1v) is 5.39. The largest absolute Gasteiger partial charge is 0.416 e. The van der Waals surface area contributed by atoms with Crippen molar-refractivity contribution in [2.24, 2.45) is 0 Å². The molecule has 0 aliphatic rings. The van der Waals surface area contributed by atoms with Crippen molar-refractivity contribution in [3.05, 3.63) is 48.0 Å². The van der Waals surface area contributed by atoms with Crippen molar-refractivity contribution in [3.8, 4) is 0 Å². The summed E-state index contributed by atoms with van der Waals surface area (Å²) in [5, 5.41) is 9.68. The Morgan fingerprint density at radius 2 is 1.75 bits per heavy atom. The van der Waals surface area contributed by atoms with E-state index in [1.54, 1.807) is 0 Å².